The average Bonchev–Trinajstić information content (AvgIpc) is 3.70. The van der Waals surface area contributed by atoms with Gasteiger partial charge in [0.1, 0.15) is 46.6 Å². The van der Waals surface area contributed by atoms with Crippen LogP contribution in [-0.4, -0.2) is 56.1 Å². The Morgan fingerprint density at radius 3 is 1.95 bits per heavy atom. The fraction of sp³-hybridized carbons (Fsp3) is 0.156. The van der Waals surface area contributed by atoms with Crippen LogP contribution in [0, 0.1) is 20.8 Å². The number of carbonyl (C=O) groups is 2. The molecule has 10 rings (SSSR count). The molecule has 0 aliphatic heterocycles. The van der Waals surface area contributed by atoms with Gasteiger partial charge < -0.3 is 44.5 Å². The first-order valence-electron chi connectivity index (χ1n) is 24.8. The minimum absolute atomic E-state index is 0.0729. The number of carboxylic acid groups (broad SMARTS) is 2. The summed E-state index contributed by atoms with van der Waals surface area (Å²) >= 11 is 0. The number of aryl methyl sites for hydroxylation is 3. The van der Waals surface area contributed by atoms with E-state index in [1.165, 1.54) is 69.2 Å². The minimum atomic E-state index is -1.34. The molecule has 0 saturated heterocycles. The van der Waals surface area contributed by atoms with Gasteiger partial charge in [0.2, 0.25) is 11.2 Å². The van der Waals surface area contributed by atoms with Crippen LogP contribution in [0.25, 0.3) is 61.3 Å². The zero-order chi connectivity index (χ0) is 55.4. The van der Waals surface area contributed by atoms with E-state index in [1.807, 2.05) is 19.9 Å². The number of anilines is 1. The van der Waals surface area contributed by atoms with Crippen LogP contribution in [-0.2, 0) is 19.9 Å². The van der Waals surface area contributed by atoms with Gasteiger partial charge in [0.15, 0.2) is 5.43 Å². The number of fused-ring (bicyclic) bond motifs is 4. The number of nitrogens with zero attached hydrogens (tertiary/aromatic N) is 3. The summed E-state index contributed by atoms with van der Waals surface area (Å²) in [5.41, 5.74) is 9.69. The molecule has 390 valence electrons. The summed E-state index contributed by atoms with van der Waals surface area (Å²) in [4.78, 5) is 37.2. The number of phenols is 3. The molecule has 0 fully saturated rings. The highest BCUT2D eigenvalue weighted by Crippen LogP contribution is 2.39. The van der Waals surface area contributed by atoms with Crippen molar-refractivity contribution in [2.45, 2.75) is 47.5 Å². The number of para-hydroxylation sites is 1. The van der Waals surface area contributed by atoms with Crippen LogP contribution in [0.15, 0.2) is 160 Å². The Bertz CT molecular complexity index is 3950. The van der Waals surface area contributed by atoms with E-state index < -0.39 is 23.4 Å². The summed E-state index contributed by atoms with van der Waals surface area (Å²) in [5.74, 6) is -3.55. The third-order valence-electron chi connectivity index (χ3n) is 13.6. The Hall–Kier alpha value is -9.62. The number of rotatable bonds is 10. The van der Waals surface area contributed by atoms with Gasteiger partial charge in [-0.2, -0.15) is 4.57 Å². The molecule has 7 aromatic carbocycles. The fourth-order valence-corrected chi connectivity index (χ4v) is 9.58. The topological polar surface area (TPSA) is 201 Å². The van der Waals surface area contributed by atoms with Crippen LogP contribution in [0.4, 0.5) is 5.69 Å². The highest BCUT2D eigenvalue weighted by Gasteiger charge is 2.21. The van der Waals surface area contributed by atoms with E-state index in [4.69, 9.17) is 4.42 Å². The van der Waals surface area contributed by atoms with E-state index in [0.717, 1.165) is 5.57 Å². The summed E-state index contributed by atoms with van der Waals surface area (Å²) in [6.45, 7) is 9.84. The molecular formula is C64H59N3O10. The molecular weight excluding hydrogens is 971 g/mol. The lowest BCUT2D eigenvalue weighted by molar-refractivity contribution is -0.646. The molecule has 0 amide bonds. The van der Waals surface area contributed by atoms with Crippen LogP contribution in [0.1, 0.15) is 79.7 Å². The van der Waals surface area contributed by atoms with Crippen molar-refractivity contribution in [1.29, 1.82) is 0 Å². The molecule has 0 spiro atoms. The fourth-order valence-electron chi connectivity index (χ4n) is 9.58. The number of benzene rings is 7. The summed E-state index contributed by atoms with van der Waals surface area (Å²) in [5, 5.41) is 66.3. The van der Waals surface area contributed by atoms with E-state index in [1.54, 1.807) is 55.5 Å². The van der Waals surface area contributed by atoms with Crippen LogP contribution in [0.3, 0.4) is 0 Å². The van der Waals surface area contributed by atoms with Crippen molar-refractivity contribution in [2.75, 3.05) is 19.0 Å². The number of phenolic OH excluding ortho intramolecular Hbond substituents is 2. The molecule has 3 heterocycles. The van der Waals surface area contributed by atoms with Crippen LogP contribution in [0.2, 0.25) is 0 Å². The Balaban J connectivity index is 0.000000157. The quantitative estimate of drug-likeness (QED) is 0.0645. The molecule has 77 heavy (non-hydrogen) atoms. The largest absolute Gasteiger partial charge is 0.872 e. The number of aromatic hydroxyl groups is 3. The molecule has 10 aromatic rings. The van der Waals surface area contributed by atoms with Crippen LogP contribution in [0.5, 0.6) is 23.0 Å². The summed E-state index contributed by atoms with van der Waals surface area (Å²) < 4.78 is 9.91. The number of aromatic nitrogens is 2. The third kappa shape index (κ3) is 11.3. The summed E-state index contributed by atoms with van der Waals surface area (Å²) in [6, 6.07) is 43.0. The van der Waals surface area contributed by atoms with Gasteiger partial charge in [0.05, 0.1) is 5.56 Å². The second-order valence-electron chi connectivity index (χ2n) is 19.3. The zero-order valence-electron chi connectivity index (χ0n) is 44.0. The van der Waals surface area contributed by atoms with Gasteiger partial charge in [-0.1, -0.05) is 84.1 Å². The standard InChI is InChI=1S/C26H28N3.C23H16O6.C15H16O4/c1-19-17-21(20(2)29(19)24-9-7-6-8-10-24)11-13-23-14-12-22-18-25(27(3)4)15-16-26(22)28(23)5;24-20-16(14-7-3-1-5-12(14)9-18(20)22(26)27)11-17-15-8-4-2-6-13(15)10-19(21(17)25)23(28)29;1-8(2)4-5-10-11(16)7-13-14(15(10)18)12(17)6-9(3)19-13/h6-18H,1-5H3;1-10,24-25H,11H2,(H,26,27)(H,28,29);4,6-7,16,18H,5H2,1-3H3/q+1;;/p-1. The first kappa shape index (κ1) is 53.7. The van der Waals surface area contributed by atoms with Crippen molar-refractivity contribution >= 4 is 73.2 Å². The number of aromatic carboxylic acids is 2. The normalized spacial score (nSPS) is 11.1. The maximum absolute atomic E-state index is 12.9. The van der Waals surface area contributed by atoms with Crippen molar-refractivity contribution in [1.82, 2.24) is 4.57 Å². The average molecular weight is 1030 g/mol. The lowest BCUT2D eigenvalue weighted by Gasteiger charge is -2.21. The third-order valence-corrected chi connectivity index (χ3v) is 13.6. The van der Waals surface area contributed by atoms with E-state index in [0.29, 0.717) is 39.3 Å². The van der Waals surface area contributed by atoms with E-state index in [2.05, 4.69) is 128 Å². The zero-order valence-corrected chi connectivity index (χ0v) is 44.0. The monoisotopic (exact) mass is 1030 g/mol. The van der Waals surface area contributed by atoms with Gasteiger partial charge in [0, 0.05) is 90.1 Å². The van der Waals surface area contributed by atoms with Gasteiger partial charge in [-0.3, -0.25) is 4.79 Å². The molecule has 0 radical (unpaired) electrons. The number of pyridine rings is 1. The Morgan fingerprint density at radius 1 is 0.688 bits per heavy atom. The van der Waals surface area contributed by atoms with Gasteiger partial charge in [0.25, 0.3) is 0 Å². The molecule has 13 nitrogen and oxygen atoms in total. The predicted molar refractivity (Wildman–Crippen MR) is 303 cm³/mol. The second-order valence-corrected chi connectivity index (χ2v) is 19.3. The smallest absolute Gasteiger partial charge is 0.339 e. The maximum atomic E-state index is 12.9. The first-order valence-corrected chi connectivity index (χ1v) is 24.8. The Labute approximate surface area is 445 Å². The number of hydrogen-bond acceptors (Lipinski definition) is 9. The molecule has 0 aliphatic rings. The molecule has 0 aliphatic carbocycles. The van der Waals surface area contributed by atoms with Gasteiger partial charge in [-0.05, 0) is 128 Å². The van der Waals surface area contributed by atoms with Gasteiger partial charge in [-0.25, -0.2) is 9.59 Å². The molecule has 5 N–H and O–H groups in total. The van der Waals surface area contributed by atoms with E-state index >= 15 is 0 Å². The van der Waals surface area contributed by atoms with Crippen molar-refractivity contribution in [3.63, 3.8) is 0 Å². The first-order chi connectivity index (χ1) is 36.7. The van der Waals surface area contributed by atoms with E-state index in [-0.39, 0.29) is 56.6 Å². The summed E-state index contributed by atoms with van der Waals surface area (Å²) in [7, 11) is 6.28. The van der Waals surface area contributed by atoms with Crippen molar-refractivity contribution in [3.05, 3.63) is 218 Å². The number of carboxylic acids is 2. The Morgan fingerprint density at radius 2 is 1.31 bits per heavy atom. The van der Waals surface area contributed by atoms with Crippen molar-refractivity contribution in [3.8, 4) is 28.7 Å². The molecule has 0 saturated carbocycles. The SMILES string of the molecule is CC(C)=CCc1c(O)cc2oc(C)cc(=O)c2c1O.Cc1cc(C=Cc2ccc3cc(N(C)C)ccc3[n+]2C)c(C)n1-c1ccccc1.O=C(O)c1cc2ccccc2c(Cc2c(O)c(C(=O)O)cc3ccccc23)c1[O-]. The lowest BCUT2D eigenvalue weighted by atomic mass is 9.90. The summed E-state index contributed by atoms with van der Waals surface area (Å²) in [6.07, 6.45) is 6.56. The minimum Gasteiger partial charge on any atom is -0.872 e. The molecule has 0 atom stereocenters. The van der Waals surface area contributed by atoms with Gasteiger partial charge >= 0.3 is 11.9 Å². The van der Waals surface area contributed by atoms with Crippen molar-refractivity contribution < 1.29 is 49.2 Å². The van der Waals surface area contributed by atoms with Crippen LogP contribution >= 0.6 is 0 Å². The van der Waals surface area contributed by atoms with E-state index in [9.17, 15) is 45.0 Å². The lowest BCUT2D eigenvalue weighted by Crippen LogP contribution is -2.32. The molecule has 0 bridgehead atoms. The molecule has 13 heteroatoms. The molecule has 0 unspecified atom stereocenters. The maximum Gasteiger partial charge on any atom is 0.339 e. The Kier molecular flexibility index (Phi) is 15.7. The van der Waals surface area contributed by atoms with Crippen molar-refractivity contribution in [2.24, 2.45) is 7.05 Å². The number of hydrogen-bond donors (Lipinski definition) is 5. The highest BCUT2D eigenvalue weighted by atomic mass is 16.4. The highest BCUT2D eigenvalue weighted by molar-refractivity contribution is 6.02. The number of allylic oxidation sites excluding steroid dienone is 2. The van der Waals surface area contributed by atoms with Gasteiger partial charge in [-0.15, -0.1) is 0 Å². The predicted octanol–water partition coefficient (Wildman–Crippen LogP) is 12.1. The molecule has 3 aromatic heterocycles. The van der Waals surface area contributed by atoms with Crippen LogP contribution < -0.4 is 20.0 Å². The second kappa shape index (κ2) is 22.5.